The summed E-state index contributed by atoms with van der Waals surface area (Å²) >= 11 is 3.28. The van der Waals surface area contributed by atoms with Gasteiger partial charge in [-0.05, 0) is 0 Å². The van der Waals surface area contributed by atoms with E-state index >= 15 is 0 Å². The van der Waals surface area contributed by atoms with E-state index in [1.54, 1.807) is 0 Å². The minimum absolute atomic E-state index is 0.0218. The minimum Gasteiger partial charge on any atom is -0.481 e. The van der Waals surface area contributed by atoms with Crippen LogP contribution in [0.4, 0.5) is 0 Å². The van der Waals surface area contributed by atoms with Crippen molar-refractivity contribution in [1.82, 2.24) is 0 Å². The molecule has 7 heteroatoms. The zero-order valence-corrected chi connectivity index (χ0v) is 13.2. The third kappa shape index (κ3) is 17.5. The van der Waals surface area contributed by atoms with Crippen molar-refractivity contribution in [3.8, 4) is 0 Å². The van der Waals surface area contributed by atoms with Crippen LogP contribution in [0.2, 0.25) is 0 Å². The summed E-state index contributed by atoms with van der Waals surface area (Å²) in [5, 5.41) is 9.21. The van der Waals surface area contributed by atoms with Gasteiger partial charge in [-0.3, -0.25) is 4.79 Å². The number of carbonyl (C=O) groups is 1. The Morgan fingerprint density at radius 2 is 1.35 bits per heavy atom. The molecule has 0 aliphatic heterocycles. The van der Waals surface area contributed by atoms with Crippen LogP contribution in [0.3, 0.4) is 0 Å². The summed E-state index contributed by atoms with van der Waals surface area (Å²) in [6.45, 7) is 3.76. The number of rotatable bonds is 15. The molecule has 0 aromatic carbocycles. The van der Waals surface area contributed by atoms with E-state index in [1.807, 2.05) is 12.2 Å². The molecule has 6 nitrogen and oxygen atoms in total. The molecular weight excluding hydrogens is 332 g/mol. The summed E-state index contributed by atoms with van der Waals surface area (Å²) in [5.74, 6) is -0.857. The van der Waals surface area contributed by atoms with Crippen LogP contribution in [-0.2, 0) is 23.7 Å². The molecule has 0 aliphatic carbocycles. The number of halogens is 1. The lowest BCUT2D eigenvalue weighted by Gasteiger charge is -2.06. The minimum atomic E-state index is -0.857. The first-order valence-corrected chi connectivity index (χ1v) is 7.63. The van der Waals surface area contributed by atoms with Crippen molar-refractivity contribution in [2.45, 2.75) is 6.42 Å². The topological polar surface area (TPSA) is 74.2 Å². The normalized spacial score (nSPS) is 11.2. The second-order valence-electron chi connectivity index (χ2n) is 3.68. The Bertz CT molecular complexity index is 247. The molecule has 118 valence electrons. The molecule has 0 fully saturated rings. The molecule has 0 bridgehead atoms. The highest BCUT2D eigenvalue weighted by atomic mass is 79.9. The first-order valence-electron chi connectivity index (χ1n) is 6.51. The van der Waals surface area contributed by atoms with Gasteiger partial charge < -0.3 is 24.1 Å². The van der Waals surface area contributed by atoms with Gasteiger partial charge in [0, 0.05) is 5.33 Å². The number of alkyl halides is 1. The van der Waals surface area contributed by atoms with E-state index in [0.29, 0.717) is 46.2 Å². The van der Waals surface area contributed by atoms with Crippen molar-refractivity contribution in [3.05, 3.63) is 12.2 Å². The predicted octanol–water partition coefficient (Wildman–Crippen LogP) is 1.48. The number of hydrogen-bond acceptors (Lipinski definition) is 5. The first kappa shape index (κ1) is 19.5. The molecule has 0 rings (SSSR count). The summed E-state index contributed by atoms with van der Waals surface area (Å²) in [6.07, 6.45) is 3.95. The third-order valence-electron chi connectivity index (χ3n) is 2.05. The quantitative estimate of drug-likeness (QED) is 0.273. The molecule has 0 heterocycles. The SMILES string of the molecule is O=C(O)CCOCCOCCOCCOCC=CCBr. The number of carboxylic acids is 1. The van der Waals surface area contributed by atoms with Crippen LogP contribution in [0, 0.1) is 0 Å². The van der Waals surface area contributed by atoms with Gasteiger partial charge in [-0.1, -0.05) is 28.1 Å². The summed E-state index contributed by atoms with van der Waals surface area (Å²) < 4.78 is 20.9. The van der Waals surface area contributed by atoms with Gasteiger partial charge in [-0.15, -0.1) is 0 Å². The Labute approximate surface area is 128 Å². The number of hydrogen-bond donors (Lipinski definition) is 1. The summed E-state index contributed by atoms with van der Waals surface area (Å²) in [4.78, 5) is 10.2. The number of allylic oxidation sites excluding steroid dienone is 1. The lowest BCUT2D eigenvalue weighted by molar-refractivity contribution is -0.138. The fourth-order valence-corrected chi connectivity index (χ4v) is 1.37. The van der Waals surface area contributed by atoms with Gasteiger partial charge in [0.1, 0.15) is 0 Å². The fourth-order valence-electron chi connectivity index (χ4n) is 1.10. The summed E-state index contributed by atoms with van der Waals surface area (Å²) in [6, 6.07) is 0. The number of aliphatic carboxylic acids is 1. The van der Waals surface area contributed by atoms with E-state index in [-0.39, 0.29) is 13.0 Å². The van der Waals surface area contributed by atoms with E-state index in [4.69, 9.17) is 24.1 Å². The molecule has 0 unspecified atom stereocenters. The molecule has 0 atom stereocenters. The van der Waals surface area contributed by atoms with Gasteiger partial charge >= 0.3 is 5.97 Å². The van der Waals surface area contributed by atoms with Crippen molar-refractivity contribution in [3.63, 3.8) is 0 Å². The maximum absolute atomic E-state index is 10.2. The van der Waals surface area contributed by atoms with Gasteiger partial charge in [0.05, 0.1) is 59.3 Å². The average molecular weight is 355 g/mol. The van der Waals surface area contributed by atoms with E-state index < -0.39 is 5.97 Å². The molecule has 0 saturated carbocycles. The average Bonchev–Trinajstić information content (AvgIpc) is 2.43. The van der Waals surface area contributed by atoms with Crippen LogP contribution in [0.5, 0.6) is 0 Å². The Hall–Kier alpha value is -0.470. The fraction of sp³-hybridized carbons (Fsp3) is 0.769. The van der Waals surface area contributed by atoms with E-state index in [2.05, 4.69) is 15.9 Å². The van der Waals surface area contributed by atoms with Gasteiger partial charge in [0.2, 0.25) is 0 Å². The molecular formula is C13H23BrO6. The van der Waals surface area contributed by atoms with Crippen LogP contribution >= 0.6 is 15.9 Å². The van der Waals surface area contributed by atoms with Gasteiger partial charge in [0.25, 0.3) is 0 Å². The van der Waals surface area contributed by atoms with Crippen molar-refractivity contribution in [2.24, 2.45) is 0 Å². The molecule has 0 aliphatic rings. The van der Waals surface area contributed by atoms with Crippen LogP contribution in [0.15, 0.2) is 12.2 Å². The largest absolute Gasteiger partial charge is 0.481 e. The molecule has 0 aromatic rings. The molecule has 0 aromatic heterocycles. The van der Waals surface area contributed by atoms with Crippen molar-refractivity contribution in [2.75, 3.05) is 58.2 Å². The summed E-state index contributed by atoms with van der Waals surface area (Å²) in [7, 11) is 0. The smallest absolute Gasteiger partial charge is 0.305 e. The van der Waals surface area contributed by atoms with Crippen LogP contribution < -0.4 is 0 Å². The molecule has 20 heavy (non-hydrogen) atoms. The summed E-state index contributed by atoms with van der Waals surface area (Å²) in [5.41, 5.74) is 0. The van der Waals surface area contributed by atoms with Crippen LogP contribution in [0.25, 0.3) is 0 Å². The standard InChI is InChI=1S/C13H23BrO6/c14-4-1-2-5-17-7-9-19-11-12-20-10-8-18-6-3-13(15)16/h1-2H,3-12H2,(H,15,16). The maximum atomic E-state index is 10.2. The number of carboxylic acid groups (broad SMARTS) is 1. The monoisotopic (exact) mass is 354 g/mol. The molecule has 0 saturated heterocycles. The van der Waals surface area contributed by atoms with Crippen molar-refractivity contribution in [1.29, 1.82) is 0 Å². The van der Waals surface area contributed by atoms with Gasteiger partial charge in [-0.25, -0.2) is 0 Å². The Morgan fingerprint density at radius 1 is 0.850 bits per heavy atom. The van der Waals surface area contributed by atoms with E-state index in [9.17, 15) is 4.79 Å². The Kier molecular flexibility index (Phi) is 16.2. The zero-order valence-electron chi connectivity index (χ0n) is 11.6. The van der Waals surface area contributed by atoms with Crippen molar-refractivity contribution < 1.29 is 28.8 Å². The zero-order chi connectivity index (χ0) is 14.9. The van der Waals surface area contributed by atoms with E-state index in [0.717, 1.165) is 5.33 Å². The van der Waals surface area contributed by atoms with Crippen LogP contribution in [-0.4, -0.2) is 69.3 Å². The maximum Gasteiger partial charge on any atom is 0.305 e. The molecule has 0 spiro atoms. The highest BCUT2D eigenvalue weighted by Crippen LogP contribution is 1.86. The Morgan fingerprint density at radius 3 is 1.85 bits per heavy atom. The van der Waals surface area contributed by atoms with Gasteiger partial charge in [0.15, 0.2) is 0 Å². The van der Waals surface area contributed by atoms with E-state index in [1.165, 1.54) is 0 Å². The lowest BCUT2D eigenvalue weighted by Crippen LogP contribution is -2.12. The van der Waals surface area contributed by atoms with Gasteiger partial charge in [-0.2, -0.15) is 0 Å². The second kappa shape index (κ2) is 16.6. The first-order chi connectivity index (χ1) is 9.77. The highest BCUT2D eigenvalue weighted by Gasteiger charge is 1.96. The lowest BCUT2D eigenvalue weighted by atomic mass is 10.5. The molecule has 0 amide bonds. The van der Waals surface area contributed by atoms with Crippen molar-refractivity contribution >= 4 is 21.9 Å². The Balaban J connectivity index is 2.99. The molecule has 0 radical (unpaired) electrons. The molecule has 1 N–H and O–H groups in total. The highest BCUT2D eigenvalue weighted by molar-refractivity contribution is 9.09. The second-order valence-corrected chi connectivity index (χ2v) is 4.33. The number of ether oxygens (including phenoxy) is 4. The van der Waals surface area contributed by atoms with Crippen LogP contribution in [0.1, 0.15) is 6.42 Å². The third-order valence-corrected chi connectivity index (χ3v) is 2.42. The predicted molar refractivity (Wildman–Crippen MR) is 78.5 cm³/mol.